The summed E-state index contributed by atoms with van der Waals surface area (Å²) in [5.41, 5.74) is 8.10. The van der Waals surface area contributed by atoms with Crippen molar-refractivity contribution >= 4 is 15.7 Å². The van der Waals surface area contributed by atoms with Gasteiger partial charge < -0.3 is 11.1 Å². The number of hydrogen-bond acceptors (Lipinski definition) is 5. The van der Waals surface area contributed by atoms with E-state index in [-0.39, 0.29) is 11.7 Å². The van der Waals surface area contributed by atoms with Crippen LogP contribution in [0.5, 0.6) is 0 Å². The fourth-order valence-electron chi connectivity index (χ4n) is 3.75. The van der Waals surface area contributed by atoms with Crippen LogP contribution in [0.15, 0.2) is 53.4 Å². The Morgan fingerprint density at radius 3 is 2.13 bits per heavy atom. The summed E-state index contributed by atoms with van der Waals surface area (Å²) in [6.45, 7) is 1.63. The van der Waals surface area contributed by atoms with Gasteiger partial charge in [0, 0.05) is 6.42 Å². The quantitative estimate of drug-likeness (QED) is 0.708. The van der Waals surface area contributed by atoms with Gasteiger partial charge in [0.25, 0.3) is 0 Å². The number of carbonyl (C=O) groups excluding carboxylic acids is 1. The van der Waals surface area contributed by atoms with Crippen molar-refractivity contribution in [2.45, 2.75) is 55.5 Å². The van der Waals surface area contributed by atoms with E-state index in [1.807, 2.05) is 24.3 Å². The number of nitrogens with zero attached hydrogens (tertiary/aromatic N) is 1. The molecule has 158 valence electrons. The Hall–Kier alpha value is -2.69. The summed E-state index contributed by atoms with van der Waals surface area (Å²) in [6, 6.07) is 16.0. The minimum atomic E-state index is -3.21. The van der Waals surface area contributed by atoms with E-state index in [0.29, 0.717) is 24.2 Å². The van der Waals surface area contributed by atoms with Crippen molar-refractivity contribution in [1.29, 1.82) is 5.26 Å². The fourth-order valence-corrected chi connectivity index (χ4v) is 4.64. The predicted octanol–water partition coefficient (Wildman–Crippen LogP) is 2.97. The first-order valence-electron chi connectivity index (χ1n) is 10.2. The number of benzene rings is 2. The molecule has 3 rings (SSSR count). The smallest absolute Gasteiger partial charge is 0.241 e. The number of sulfone groups is 1. The number of nitriles is 1. The molecule has 0 spiro atoms. The first-order chi connectivity index (χ1) is 14.3. The number of amides is 1. The molecule has 7 heteroatoms. The highest BCUT2D eigenvalue weighted by molar-refractivity contribution is 7.91. The molecule has 0 bridgehead atoms. The van der Waals surface area contributed by atoms with E-state index in [1.54, 1.807) is 31.2 Å². The van der Waals surface area contributed by atoms with Gasteiger partial charge in [0.1, 0.15) is 6.04 Å². The molecule has 0 radical (unpaired) electrons. The number of carbonyl (C=O) groups is 1. The Kier molecular flexibility index (Phi) is 6.59. The van der Waals surface area contributed by atoms with Crippen molar-refractivity contribution in [3.63, 3.8) is 0 Å². The van der Waals surface area contributed by atoms with E-state index in [9.17, 15) is 18.5 Å². The van der Waals surface area contributed by atoms with E-state index in [2.05, 4.69) is 11.4 Å². The molecule has 0 aromatic heterocycles. The molecule has 1 saturated carbocycles. The van der Waals surface area contributed by atoms with Gasteiger partial charge in [-0.25, -0.2) is 8.42 Å². The summed E-state index contributed by atoms with van der Waals surface area (Å²) in [4.78, 5) is 12.8. The van der Waals surface area contributed by atoms with Gasteiger partial charge in [-0.05, 0) is 41.7 Å². The summed E-state index contributed by atoms with van der Waals surface area (Å²) in [6.07, 6.45) is 3.59. The van der Waals surface area contributed by atoms with Crippen molar-refractivity contribution < 1.29 is 13.2 Å². The maximum Gasteiger partial charge on any atom is 0.241 e. The SMILES string of the molecule is CCS(=O)(=O)c1ccc(-c2ccc(CC(C#N)NC(=O)C3(N)CCCC3)cc2)cc1. The Morgan fingerprint density at radius 2 is 1.63 bits per heavy atom. The molecule has 1 aliphatic carbocycles. The number of rotatable bonds is 7. The van der Waals surface area contributed by atoms with Gasteiger partial charge >= 0.3 is 0 Å². The highest BCUT2D eigenvalue weighted by atomic mass is 32.2. The van der Waals surface area contributed by atoms with Crippen molar-refractivity contribution in [3.8, 4) is 17.2 Å². The fraction of sp³-hybridized carbons (Fsp3) is 0.391. The van der Waals surface area contributed by atoms with Crippen molar-refractivity contribution in [1.82, 2.24) is 5.32 Å². The second-order valence-electron chi connectivity index (χ2n) is 7.85. The van der Waals surface area contributed by atoms with Gasteiger partial charge in [-0.2, -0.15) is 5.26 Å². The van der Waals surface area contributed by atoms with Crippen LogP contribution >= 0.6 is 0 Å². The average molecular weight is 426 g/mol. The van der Waals surface area contributed by atoms with Crippen LogP contribution in [0.3, 0.4) is 0 Å². The Bertz CT molecular complexity index is 1030. The number of nitrogens with one attached hydrogen (secondary N) is 1. The molecule has 2 aromatic rings. The molecule has 1 amide bonds. The summed E-state index contributed by atoms with van der Waals surface area (Å²) >= 11 is 0. The standard InChI is InChI=1S/C23H27N3O3S/c1-2-30(28,29)21-11-9-19(10-12-21)18-7-5-17(6-8-18)15-20(16-24)26-22(27)23(25)13-3-4-14-23/h5-12,20H,2-4,13-15,25H2,1H3,(H,26,27). The van der Waals surface area contributed by atoms with Crippen LogP contribution in [-0.2, 0) is 21.1 Å². The highest BCUT2D eigenvalue weighted by Crippen LogP contribution is 2.27. The van der Waals surface area contributed by atoms with E-state index >= 15 is 0 Å². The maximum atomic E-state index is 12.5. The van der Waals surface area contributed by atoms with Gasteiger partial charge in [-0.1, -0.05) is 56.2 Å². The Balaban J connectivity index is 1.66. The maximum absolute atomic E-state index is 12.5. The molecule has 1 aliphatic rings. The van der Waals surface area contributed by atoms with Crippen LogP contribution in [0.4, 0.5) is 0 Å². The zero-order valence-corrected chi connectivity index (χ0v) is 17.9. The lowest BCUT2D eigenvalue weighted by Crippen LogP contribution is -2.54. The second kappa shape index (κ2) is 8.99. The van der Waals surface area contributed by atoms with Crippen LogP contribution in [-0.4, -0.2) is 31.7 Å². The van der Waals surface area contributed by atoms with Gasteiger partial charge in [-0.3, -0.25) is 4.79 Å². The lowest BCUT2D eigenvalue weighted by molar-refractivity contribution is -0.126. The zero-order valence-electron chi connectivity index (χ0n) is 17.1. The van der Waals surface area contributed by atoms with Crippen LogP contribution < -0.4 is 11.1 Å². The molecule has 1 atom stereocenters. The largest absolute Gasteiger partial charge is 0.338 e. The van der Waals surface area contributed by atoms with E-state index in [0.717, 1.165) is 29.5 Å². The Morgan fingerprint density at radius 1 is 1.10 bits per heavy atom. The molecule has 6 nitrogen and oxygen atoms in total. The molecule has 0 aliphatic heterocycles. The normalized spacial score (nSPS) is 16.6. The molecular weight excluding hydrogens is 398 g/mol. The first kappa shape index (κ1) is 22.0. The highest BCUT2D eigenvalue weighted by Gasteiger charge is 2.37. The lowest BCUT2D eigenvalue weighted by Gasteiger charge is -2.24. The van der Waals surface area contributed by atoms with Gasteiger partial charge in [-0.15, -0.1) is 0 Å². The molecular formula is C23H27N3O3S. The third kappa shape index (κ3) is 4.89. The molecule has 30 heavy (non-hydrogen) atoms. The molecule has 3 N–H and O–H groups in total. The third-order valence-corrected chi connectivity index (χ3v) is 7.48. The second-order valence-corrected chi connectivity index (χ2v) is 10.1. The minimum Gasteiger partial charge on any atom is -0.338 e. The van der Waals surface area contributed by atoms with Gasteiger partial charge in [0.15, 0.2) is 9.84 Å². The predicted molar refractivity (Wildman–Crippen MR) is 116 cm³/mol. The molecule has 1 fully saturated rings. The summed E-state index contributed by atoms with van der Waals surface area (Å²) < 4.78 is 23.9. The van der Waals surface area contributed by atoms with E-state index in [1.165, 1.54) is 0 Å². The average Bonchev–Trinajstić information content (AvgIpc) is 3.21. The molecule has 1 unspecified atom stereocenters. The van der Waals surface area contributed by atoms with E-state index < -0.39 is 21.4 Å². The summed E-state index contributed by atoms with van der Waals surface area (Å²) in [5, 5.41) is 12.2. The van der Waals surface area contributed by atoms with Crippen LogP contribution in [0, 0.1) is 11.3 Å². The van der Waals surface area contributed by atoms with Crippen molar-refractivity contribution in [3.05, 3.63) is 54.1 Å². The third-order valence-electron chi connectivity index (χ3n) is 5.73. The summed E-state index contributed by atoms with van der Waals surface area (Å²) in [7, 11) is -3.21. The van der Waals surface area contributed by atoms with Crippen molar-refractivity contribution in [2.75, 3.05) is 5.75 Å². The van der Waals surface area contributed by atoms with Crippen LogP contribution in [0.1, 0.15) is 38.2 Å². The topological polar surface area (TPSA) is 113 Å². The number of nitrogens with two attached hydrogens (primary N) is 1. The van der Waals surface area contributed by atoms with Gasteiger partial charge in [0.2, 0.25) is 5.91 Å². The monoisotopic (exact) mass is 425 g/mol. The first-order valence-corrected chi connectivity index (χ1v) is 11.8. The van der Waals surface area contributed by atoms with Crippen LogP contribution in [0.2, 0.25) is 0 Å². The molecule has 0 heterocycles. The minimum absolute atomic E-state index is 0.0723. The zero-order chi connectivity index (χ0) is 21.8. The molecule has 0 saturated heterocycles. The van der Waals surface area contributed by atoms with Gasteiger partial charge in [0.05, 0.1) is 22.3 Å². The van der Waals surface area contributed by atoms with E-state index in [4.69, 9.17) is 5.73 Å². The van der Waals surface area contributed by atoms with Crippen LogP contribution in [0.25, 0.3) is 11.1 Å². The van der Waals surface area contributed by atoms with Crippen molar-refractivity contribution in [2.24, 2.45) is 5.73 Å². The summed E-state index contributed by atoms with van der Waals surface area (Å²) in [5.74, 6) is -0.173. The molecule has 2 aromatic carbocycles. The number of hydrogen-bond donors (Lipinski definition) is 2. The lowest BCUT2D eigenvalue weighted by atomic mass is 9.96. The Labute approximate surface area is 178 Å².